The SMILES string of the molecule is O=C(C1CCCc2ccccc21)N(CCBr)CC(F)(F)F. The number of nitrogens with zero attached hydrogens (tertiary/aromatic N) is 1. The van der Waals surface area contributed by atoms with Crippen LogP contribution in [0.25, 0.3) is 0 Å². The van der Waals surface area contributed by atoms with Gasteiger partial charge in [-0.3, -0.25) is 4.79 Å². The van der Waals surface area contributed by atoms with E-state index in [1.54, 1.807) is 0 Å². The van der Waals surface area contributed by atoms with Gasteiger partial charge in [0.25, 0.3) is 0 Å². The minimum Gasteiger partial charge on any atom is -0.332 e. The summed E-state index contributed by atoms with van der Waals surface area (Å²) in [6.45, 7) is -1.12. The first kappa shape index (κ1) is 16.3. The molecule has 1 aromatic rings. The van der Waals surface area contributed by atoms with Crippen molar-refractivity contribution in [1.29, 1.82) is 0 Å². The summed E-state index contributed by atoms with van der Waals surface area (Å²) in [4.78, 5) is 13.5. The molecule has 21 heavy (non-hydrogen) atoms. The maximum absolute atomic E-state index is 12.6. The number of benzene rings is 1. The Kier molecular flexibility index (Phi) is 5.30. The van der Waals surface area contributed by atoms with Crippen molar-refractivity contribution in [3.05, 3.63) is 35.4 Å². The lowest BCUT2D eigenvalue weighted by atomic mass is 9.82. The van der Waals surface area contributed by atoms with Gasteiger partial charge in [0.15, 0.2) is 0 Å². The van der Waals surface area contributed by atoms with Crippen LogP contribution in [0.1, 0.15) is 29.9 Å². The van der Waals surface area contributed by atoms with E-state index in [2.05, 4.69) is 15.9 Å². The highest BCUT2D eigenvalue weighted by molar-refractivity contribution is 9.09. The van der Waals surface area contributed by atoms with Gasteiger partial charge in [-0.15, -0.1) is 0 Å². The standard InChI is InChI=1S/C15H17BrF3NO/c16-8-9-20(10-15(17,18)19)14(21)13-7-3-5-11-4-1-2-6-12(11)13/h1-2,4,6,13H,3,5,7-10H2. The molecule has 0 aromatic heterocycles. The van der Waals surface area contributed by atoms with Crippen molar-refractivity contribution in [2.75, 3.05) is 18.4 Å². The molecule has 0 saturated heterocycles. The smallest absolute Gasteiger partial charge is 0.332 e. The fourth-order valence-electron chi connectivity index (χ4n) is 2.82. The molecular weight excluding hydrogens is 347 g/mol. The van der Waals surface area contributed by atoms with Crippen molar-refractivity contribution in [3.63, 3.8) is 0 Å². The maximum atomic E-state index is 12.6. The normalized spacial score (nSPS) is 18.2. The van der Waals surface area contributed by atoms with Crippen LogP contribution < -0.4 is 0 Å². The molecule has 0 aliphatic heterocycles. The molecule has 0 bridgehead atoms. The number of fused-ring (bicyclic) bond motifs is 1. The molecule has 2 nitrogen and oxygen atoms in total. The highest BCUT2D eigenvalue weighted by atomic mass is 79.9. The number of aryl methyl sites for hydroxylation is 1. The number of carbonyl (C=O) groups is 1. The Labute approximate surface area is 130 Å². The zero-order valence-corrected chi connectivity index (χ0v) is 13.1. The number of carbonyl (C=O) groups excluding carboxylic acids is 1. The Morgan fingerprint density at radius 2 is 2.05 bits per heavy atom. The van der Waals surface area contributed by atoms with Crippen molar-refractivity contribution >= 4 is 21.8 Å². The maximum Gasteiger partial charge on any atom is 0.406 e. The molecule has 1 unspecified atom stereocenters. The number of hydrogen-bond donors (Lipinski definition) is 0. The van der Waals surface area contributed by atoms with Gasteiger partial charge in [0.05, 0.1) is 5.92 Å². The molecule has 0 heterocycles. The average molecular weight is 364 g/mol. The Morgan fingerprint density at radius 3 is 2.71 bits per heavy atom. The van der Waals surface area contributed by atoms with E-state index >= 15 is 0 Å². The first-order valence-electron chi connectivity index (χ1n) is 6.91. The largest absolute Gasteiger partial charge is 0.406 e. The Bertz CT molecular complexity index is 504. The van der Waals surface area contributed by atoms with Crippen LogP contribution in [0.5, 0.6) is 0 Å². The molecule has 6 heteroatoms. The van der Waals surface area contributed by atoms with Gasteiger partial charge in [-0.05, 0) is 30.4 Å². The summed E-state index contributed by atoms with van der Waals surface area (Å²) < 4.78 is 37.9. The predicted octanol–water partition coefficient (Wildman–Crippen LogP) is 3.89. The second-order valence-electron chi connectivity index (χ2n) is 5.21. The van der Waals surface area contributed by atoms with Gasteiger partial charge in [0, 0.05) is 11.9 Å². The molecular formula is C15H17BrF3NO. The van der Waals surface area contributed by atoms with Crippen molar-refractivity contribution in [3.8, 4) is 0 Å². The summed E-state index contributed by atoms with van der Waals surface area (Å²) in [5.41, 5.74) is 1.96. The van der Waals surface area contributed by atoms with Crippen molar-refractivity contribution < 1.29 is 18.0 Å². The van der Waals surface area contributed by atoms with Crippen LogP contribution in [-0.2, 0) is 11.2 Å². The van der Waals surface area contributed by atoms with E-state index in [0.717, 1.165) is 28.9 Å². The molecule has 1 atom stereocenters. The highest BCUT2D eigenvalue weighted by Crippen LogP contribution is 2.33. The zero-order valence-electron chi connectivity index (χ0n) is 11.5. The van der Waals surface area contributed by atoms with Crippen LogP contribution in [0, 0.1) is 0 Å². The van der Waals surface area contributed by atoms with E-state index in [0.29, 0.717) is 11.8 Å². The van der Waals surface area contributed by atoms with Crippen LogP contribution in [0.4, 0.5) is 13.2 Å². The van der Waals surface area contributed by atoms with Gasteiger partial charge in [-0.25, -0.2) is 0 Å². The van der Waals surface area contributed by atoms with E-state index < -0.39 is 24.5 Å². The summed E-state index contributed by atoms with van der Waals surface area (Å²) in [7, 11) is 0. The van der Waals surface area contributed by atoms with Crippen LogP contribution in [-0.4, -0.2) is 35.4 Å². The molecule has 0 saturated carbocycles. The van der Waals surface area contributed by atoms with Crippen molar-refractivity contribution in [2.24, 2.45) is 0 Å². The molecule has 1 aromatic carbocycles. The molecule has 0 spiro atoms. The lowest BCUT2D eigenvalue weighted by Gasteiger charge is -2.31. The summed E-state index contributed by atoms with van der Waals surface area (Å²) in [5.74, 6) is -0.865. The third-order valence-corrected chi connectivity index (χ3v) is 4.06. The van der Waals surface area contributed by atoms with E-state index in [-0.39, 0.29) is 6.54 Å². The predicted molar refractivity (Wildman–Crippen MR) is 78.6 cm³/mol. The van der Waals surface area contributed by atoms with Gasteiger partial charge in [0.2, 0.25) is 5.91 Å². The van der Waals surface area contributed by atoms with Crippen LogP contribution in [0.3, 0.4) is 0 Å². The molecule has 2 rings (SSSR count). The molecule has 0 radical (unpaired) electrons. The van der Waals surface area contributed by atoms with E-state index in [9.17, 15) is 18.0 Å². The minimum atomic E-state index is -4.37. The number of halogens is 4. The number of rotatable bonds is 4. The Morgan fingerprint density at radius 1 is 1.33 bits per heavy atom. The van der Waals surface area contributed by atoms with Crippen LogP contribution in [0.15, 0.2) is 24.3 Å². The van der Waals surface area contributed by atoms with E-state index in [1.807, 2.05) is 24.3 Å². The highest BCUT2D eigenvalue weighted by Gasteiger charge is 2.36. The van der Waals surface area contributed by atoms with Crippen LogP contribution in [0.2, 0.25) is 0 Å². The lowest BCUT2D eigenvalue weighted by Crippen LogP contribution is -2.43. The fraction of sp³-hybridized carbons (Fsp3) is 0.533. The van der Waals surface area contributed by atoms with Crippen LogP contribution >= 0.6 is 15.9 Å². The monoisotopic (exact) mass is 363 g/mol. The zero-order chi connectivity index (χ0) is 15.5. The lowest BCUT2D eigenvalue weighted by molar-refractivity contribution is -0.161. The fourth-order valence-corrected chi connectivity index (χ4v) is 3.24. The number of hydrogen-bond acceptors (Lipinski definition) is 1. The summed E-state index contributed by atoms with van der Waals surface area (Å²) >= 11 is 3.12. The topological polar surface area (TPSA) is 20.3 Å². The van der Waals surface area contributed by atoms with E-state index in [1.165, 1.54) is 0 Å². The molecule has 1 aliphatic rings. The van der Waals surface area contributed by atoms with Gasteiger partial charge in [0.1, 0.15) is 6.54 Å². The molecule has 1 aliphatic carbocycles. The molecule has 1 amide bonds. The quantitative estimate of drug-likeness (QED) is 0.743. The summed E-state index contributed by atoms with van der Waals surface area (Å²) in [6.07, 6.45) is -2.03. The Balaban J connectivity index is 2.21. The number of alkyl halides is 4. The van der Waals surface area contributed by atoms with Gasteiger partial charge < -0.3 is 4.90 Å². The Hall–Kier alpha value is -1.04. The number of amides is 1. The second-order valence-corrected chi connectivity index (χ2v) is 6.00. The van der Waals surface area contributed by atoms with Gasteiger partial charge in [-0.1, -0.05) is 40.2 Å². The third-order valence-electron chi connectivity index (χ3n) is 3.70. The average Bonchev–Trinajstić information content (AvgIpc) is 2.44. The molecule has 0 fully saturated rings. The van der Waals surface area contributed by atoms with Gasteiger partial charge in [-0.2, -0.15) is 13.2 Å². The second kappa shape index (κ2) is 6.81. The van der Waals surface area contributed by atoms with Gasteiger partial charge >= 0.3 is 6.18 Å². The molecule has 116 valence electrons. The summed E-state index contributed by atoms with van der Waals surface area (Å²) in [6, 6.07) is 7.55. The summed E-state index contributed by atoms with van der Waals surface area (Å²) in [5, 5.41) is 0.336. The third kappa shape index (κ3) is 4.22. The minimum absolute atomic E-state index is 0.0665. The van der Waals surface area contributed by atoms with Crippen molar-refractivity contribution in [1.82, 2.24) is 4.90 Å². The first-order valence-corrected chi connectivity index (χ1v) is 8.04. The molecule has 0 N–H and O–H groups in total. The van der Waals surface area contributed by atoms with Crippen molar-refractivity contribution in [2.45, 2.75) is 31.4 Å². The van der Waals surface area contributed by atoms with E-state index in [4.69, 9.17) is 0 Å². The first-order chi connectivity index (χ1) is 9.92.